The van der Waals surface area contributed by atoms with Gasteiger partial charge in [0.1, 0.15) is 11.6 Å². The SMILES string of the molecule is CC(C)Oc1cccc2c1c(NC(=O)C1[C@H]3CNC[C@@H]13)nn2-c1cccc(F)c1. The molecule has 0 spiro atoms. The average molecular weight is 394 g/mol. The van der Waals surface area contributed by atoms with Gasteiger partial charge in [-0.15, -0.1) is 5.10 Å². The molecule has 29 heavy (non-hydrogen) atoms. The maximum absolute atomic E-state index is 13.8. The highest BCUT2D eigenvalue weighted by molar-refractivity contribution is 6.04. The number of aromatic nitrogens is 2. The van der Waals surface area contributed by atoms with E-state index >= 15 is 0 Å². The second-order valence-corrected chi connectivity index (χ2v) is 8.06. The Bertz CT molecular complexity index is 1080. The van der Waals surface area contributed by atoms with Crippen molar-refractivity contribution < 1.29 is 13.9 Å². The monoisotopic (exact) mass is 394 g/mol. The first-order valence-corrected chi connectivity index (χ1v) is 9.99. The largest absolute Gasteiger partial charge is 0.490 e. The summed E-state index contributed by atoms with van der Waals surface area (Å²) < 4.78 is 21.5. The van der Waals surface area contributed by atoms with Crippen LogP contribution in [0.1, 0.15) is 13.8 Å². The molecule has 2 N–H and O–H groups in total. The fourth-order valence-electron chi connectivity index (χ4n) is 4.39. The van der Waals surface area contributed by atoms with E-state index < -0.39 is 0 Å². The summed E-state index contributed by atoms with van der Waals surface area (Å²) in [4.78, 5) is 12.9. The summed E-state index contributed by atoms with van der Waals surface area (Å²) in [7, 11) is 0. The minimum Gasteiger partial charge on any atom is -0.490 e. The van der Waals surface area contributed by atoms with Crippen molar-refractivity contribution in [3.63, 3.8) is 0 Å². The van der Waals surface area contributed by atoms with Crippen molar-refractivity contribution in [3.05, 3.63) is 48.3 Å². The number of anilines is 1. The zero-order valence-corrected chi connectivity index (χ0v) is 16.4. The van der Waals surface area contributed by atoms with Gasteiger partial charge in [0.25, 0.3) is 0 Å². The third-order valence-corrected chi connectivity index (χ3v) is 5.72. The topological polar surface area (TPSA) is 68.2 Å². The summed E-state index contributed by atoms with van der Waals surface area (Å²) in [5.41, 5.74) is 1.34. The number of hydrogen-bond donors (Lipinski definition) is 2. The standard InChI is InChI=1S/C22H23FN4O2/c1-12(2)29-18-8-4-7-17-20(18)21(25-22(28)19-15-10-24-11-16(15)19)26-27(17)14-6-3-5-13(23)9-14/h3-9,12,15-16,19,24H,10-11H2,1-2H3,(H,25,26,28)/t15-,16+,19?. The van der Waals surface area contributed by atoms with Crippen molar-refractivity contribution in [2.75, 3.05) is 18.4 Å². The number of fused-ring (bicyclic) bond motifs is 2. The van der Waals surface area contributed by atoms with Crippen molar-refractivity contribution >= 4 is 22.6 Å². The lowest BCUT2D eigenvalue weighted by molar-refractivity contribution is -0.118. The fraction of sp³-hybridized carbons (Fsp3) is 0.364. The van der Waals surface area contributed by atoms with Gasteiger partial charge in [-0.3, -0.25) is 4.79 Å². The Morgan fingerprint density at radius 1 is 1.24 bits per heavy atom. The first kappa shape index (κ1) is 18.1. The summed E-state index contributed by atoms with van der Waals surface area (Å²) in [5.74, 6) is 1.60. The third-order valence-electron chi connectivity index (χ3n) is 5.72. The number of carbonyl (C=O) groups excluding carboxylic acids is 1. The normalized spacial score (nSPS) is 22.7. The molecule has 6 nitrogen and oxygen atoms in total. The molecule has 7 heteroatoms. The molecule has 0 radical (unpaired) electrons. The van der Waals surface area contributed by atoms with Crippen LogP contribution in [-0.4, -0.2) is 34.9 Å². The molecule has 3 aromatic rings. The summed E-state index contributed by atoms with van der Waals surface area (Å²) in [6.45, 7) is 5.69. The van der Waals surface area contributed by atoms with Crippen LogP contribution >= 0.6 is 0 Å². The molecular weight excluding hydrogens is 371 g/mol. The minimum atomic E-state index is -0.343. The molecule has 2 fully saturated rings. The number of nitrogens with one attached hydrogen (secondary N) is 2. The summed E-state index contributed by atoms with van der Waals surface area (Å²) in [5, 5.41) is 11.7. The first-order chi connectivity index (χ1) is 14.0. The summed E-state index contributed by atoms with van der Waals surface area (Å²) >= 11 is 0. The predicted molar refractivity (Wildman–Crippen MR) is 109 cm³/mol. The van der Waals surface area contributed by atoms with E-state index in [1.807, 2.05) is 32.0 Å². The Labute approximate surface area is 168 Å². The van der Waals surface area contributed by atoms with E-state index in [2.05, 4.69) is 15.7 Å². The molecule has 1 aliphatic heterocycles. The van der Waals surface area contributed by atoms with E-state index in [9.17, 15) is 9.18 Å². The summed E-state index contributed by atoms with van der Waals surface area (Å²) in [6, 6.07) is 11.9. The molecule has 5 rings (SSSR count). The fourth-order valence-corrected chi connectivity index (χ4v) is 4.39. The number of rotatable bonds is 5. The molecule has 150 valence electrons. The van der Waals surface area contributed by atoms with E-state index in [4.69, 9.17) is 4.74 Å². The Morgan fingerprint density at radius 2 is 2.00 bits per heavy atom. The van der Waals surface area contributed by atoms with Crippen LogP contribution in [0, 0.1) is 23.6 Å². The van der Waals surface area contributed by atoms with Gasteiger partial charge in [0.2, 0.25) is 5.91 Å². The zero-order valence-electron chi connectivity index (χ0n) is 16.4. The van der Waals surface area contributed by atoms with E-state index in [0.29, 0.717) is 29.1 Å². The first-order valence-electron chi connectivity index (χ1n) is 9.99. The van der Waals surface area contributed by atoms with Crippen molar-refractivity contribution in [2.45, 2.75) is 20.0 Å². The number of hydrogen-bond acceptors (Lipinski definition) is 4. The van der Waals surface area contributed by atoms with Crippen LogP contribution in [0.4, 0.5) is 10.2 Å². The molecule has 0 bridgehead atoms. The number of halogens is 1. The Balaban J connectivity index is 1.58. The van der Waals surface area contributed by atoms with E-state index in [1.165, 1.54) is 12.1 Å². The highest BCUT2D eigenvalue weighted by Gasteiger charge is 2.57. The number of benzene rings is 2. The van der Waals surface area contributed by atoms with Gasteiger partial charge in [0.05, 0.1) is 22.7 Å². The number of carbonyl (C=O) groups is 1. The zero-order chi connectivity index (χ0) is 20.1. The lowest BCUT2D eigenvalue weighted by Crippen LogP contribution is -2.23. The third kappa shape index (κ3) is 3.15. The van der Waals surface area contributed by atoms with Gasteiger partial charge < -0.3 is 15.4 Å². The molecule has 1 aliphatic carbocycles. The van der Waals surface area contributed by atoms with Gasteiger partial charge in [-0.1, -0.05) is 12.1 Å². The van der Waals surface area contributed by atoms with Gasteiger partial charge in [-0.25, -0.2) is 9.07 Å². The van der Waals surface area contributed by atoms with Gasteiger partial charge in [0.15, 0.2) is 5.82 Å². The maximum Gasteiger partial charge on any atom is 0.229 e. The second kappa shape index (κ2) is 6.84. The minimum absolute atomic E-state index is 0.00774. The number of nitrogens with zero attached hydrogens (tertiary/aromatic N) is 2. The van der Waals surface area contributed by atoms with Crippen molar-refractivity contribution in [1.82, 2.24) is 15.1 Å². The van der Waals surface area contributed by atoms with Crippen molar-refractivity contribution in [1.29, 1.82) is 0 Å². The molecule has 2 aromatic carbocycles. The van der Waals surface area contributed by atoms with Crippen LogP contribution < -0.4 is 15.4 Å². The highest BCUT2D eigenvalue weighted by Crippen LogP contribution is 2.49. The smallest absolute Gasteiger partial charge is 0.229 e. The van der Waals surface area contributed by atoms with Crippen LogP contribution in [0.3, 0.4) is 0 Å². The molecule has 2 heterocycles. The number of amides is 1. The van der Waals surface area contributed by atoms with Gasteiger partial charge in [0, 0.05) is 5.92 Å². The van der Waals surface area contributed by atoms with E-state index in [0.717, 1.165) is 24.0 Å². The van der Waals surface area contributed by atoms with Crippen LogP contribution in [0.5, 0.6) is 5.75 Å². The second-order valence-electron chi connectivity index (χ2n) is 8.06. The summed E-state index contributed by atoms with van der Waals surface area (Å²) in [6.07, 6.45) is -0.0319. The number of piperidine rings is 1. The molecule has 1 saturated heterocycles. The van der Waals surface area contributed by atoms with Gasteiger partial charge >= 0.3 is 0 Å². The maximum atomic E-state index is 13.8. The Hall–Kier alpha value is -2.93. The van der Waals surface area contributed by atoms with E-state index in [-0.39, 0.29) is 23.7 Å². The van der Waals surface area contributed by atoms with Crippen molar-refractivity contribution in [3.8, 4) is 11.4 Å². The molecule has 1 unspecified atom stereocenters. The van der Waals surface area contributed by atoms with Crippen LogP contribution in [0.15, 0.2) is 42.5 Å². The quantitative estimate of drug-likeness (QED) is 0.696. The number of ether oxygens (including phenoxy) is 1. The van der Waals surface area contributed by atoms with E-state index in [1.54, 1.807) is 16.8 Å². The predicted octanol–water partition coefficient (Wildman–Crippen LogP) is 3.36. The van der Waals surface area contributed by atoms with Crippen LogP contribution in [0.25, 0.3) is 16.6 Å². The van der Waals surface area contributed by atoms with Crippen LogP contribution in [-0.2, 0) is 4.79 Å². The molecule has 2 aliphatic rings. The van der Waals surface area contributed by atoms with Crippen molar-refractivity contribution in [2.24, 2.45) is 17.8 Å². The molecule has 3 atom stereocenters. The lowest BCUT2D eigenvalue weighted by Gasteiger charge is -2.12. The lowest BCUT2D eigenvalue weighted by atomic mass is 10.2. The van der Waals surface area contributed by atoms with Gasteiger partial charge in [-0.2, -0.15) is 0 Å². The molecular formula is C22H23FN4O2. The van der Waals surface area contributed by atoms with Gasteiger partial charge in [-0.05, 0) is 69.1 Å². The molecule has 1 aromatic heterocycles. The molecule has 1 amide bonds. The average Bonchev–Trinajstić information content (AvgIpc) is 3.00. The Kier molecular flexibility index (Phi) is 4.28. The molecule has 1 saturated carbocycles. The highest BCUT2D eigenvalue weighted by atomic mass is 19.1. The van der Waals surface area contributed by atoms with Crippen LogP contribution in [0.2, 0.25) is 0 Å². The Morgan fingerprint density at radius 3 is 2.72 bits per heavy atom.